The van der Waals surface area contributed by atoms with Crippen molar-refractivity contribution in [3.8, 4) is 0 Å². The van der Waals surface area contributed by atoms with Gasteiger partial charge in [0.2, 0.25) is 0 Å². The summed E-state index contributed by atoms with van der Waals surface area (Å²) in [6, 6.07) is 12.3. The number of hydrogen-bond donors (Lipinski definition) is 3. The van der Waals surface area contributed by atoms with E-state index in [9.17, 15) is 4.79 Å². The minimum absolute atomic E-state index is 0.0661. The van der Waals surface area contributed by atoms with E-state index in [0.29, 0.717) is 6.54 Å². The lowest BCUT2D eigenvalue weighted by molar-refractivity contribution is 0.0526. The SMILES string of the molecule is CC(C)(C)OC(=O)NCC(c1c[nH]c2ccc(Br)cc12)c1c[nH]c2ccc(Br)cc12. The van der Waals surface area contributed by atoms with Crippen LogP contribution in [0.3, 0.4) is 0 Å². The van der Waals surface area contributed by atoms with Gasteiger partial charge in [0, 0.05) is 55.6 Å². The molecule has 2 aromatic heterocycles. The van der Waals surface area contributed by atoms with Crippen molar-refractivity contribution in [3.05, 3.63) is 68.9 Å². The summed E-state index contributed by atoms with van der Waals surface area (Å²) in [5.41, 5.74) is 3.79. The number of ether oxygens (including phenoxy) is 1. The van der Waals surface area contributed by atoms with Crippen LogP contribution in [0.4, 0.5) is 4.79 Å². The molecule has 0 aliphatic carbocycles. The van der Waals surface area contributed by atoms with Gasteiger partial charge in [0.15, 0.2) is 0 Å². The van der Waals surface area contributed by atoms with Gasteiger partial charge in [-0.1, -0.05) is 31.9 Å². The van der Waals surface area contributed by atoms with Crippen LogP contribution in [-0.2, 0) is 4.74 Å². The number of halogens is 2. The molecule has 1 amide bonds. The predicted molar refractivity (Wildman–Crippen MR) is 128 cm³/mol. The number of benzene rings is 2. The summed E-state index contributed by atoms with van der Waals surface area (Å²) in [6.07, 6.45) is 3.62. The maximum Gasteiger partial charge on any atom is 0.407 e. The molecule has 0 radical (unpaired) electrons. The molecule has 30 heavy (non-hydrogen) atoms. The van der Waals surface area contributed by atoms with E-state index in [0.717, 1.165) is 41.9 Å². The topological polar surface area (TPSA) is 69.9 Å². The number of aromatic nitrogens is 2. The highest BCUT2D eigenvalue weighted by atomic mass is 79.9. The van der Waals surface area contributed by atoms with Gasteiger partial charge in [-0.15, -0.1) is 0 Å². The van der Waals surface area contributed by atoms with Gasteiger partial charge in [0.25, 0.3) is 0 Å². The molecule has 3 N–H and O–H groups in total. The van der Waals surface area contributed by atoms with Crippen molar-refractivity contribution in [2.45, 2.75) is 32.3 Å². The summed E-state index contributed by atoms with van der Waals surface area (Å²) < 4.78 is 7.48. The molecule has 0 aliphatic rings. The Kier molecular flexibility index (Phi) is 5.68. The number of alkyl carbamates (subject to hydrolysis) is 1. The second-order valence-electron chi connectivity index (χ2n) is 8.30. The quantitative estimate of drug-likeness (QED) is 0.269. The van der Waals surface area contributed by atoms with Crippen molar-refractivity contribution < 1.29 is 9.53 Å². The Morgan fingerprint density at radius 2 is 1.47 bits per heavy atom. The fourth-order valence-electron chi connectivity index (χ4n) is 3.69. The van der Waals surface area contributed by atoms with Crippen LogP contribution in [0.15, 0.2) is 57.7 Å². The molecular weight excluding hydrogens is 510 g/mol. The molecule has 156 valence electrons. The molecule has 0 spiro atoms. The Balaban J connectivity index is 1.77. The molecular formula is C23H23Br2N3O2. The second-order valence-corrected chi connectivity index (χ2v) is 10.1. The molecule has 7 heteroatoms. The van der Waals surface area contributed by atoms with Gasteiger partial charge in [-0.2, -0.15) is 0 Å². The molecule has 0 aliphatic heterocycles. The van der Waals surface area contributed by atoms with Crippen LogP contribution >= 0.6 is 31.9 Å². The average Bonchev–Trinajstić information content (AvgIpc) is 3.25. The number of carbonyl (C=O) groups is 1. The van der Waals surface area contributed by atoms with E-state index >= 15 is 0 Å². The van der Waals surface area contributed by atoms with E-state index in [1.54, 1.807) is 0 Å². The normalized spacial score (nSPS) is 12.1. The molecule has 2 aromatic carbocycles. The molecule has 0 saturated carbocycles. The third kappa shape index (κ3) is 4.42. The van der Waals surface area contributed by atoms with Crippen molar-refractivity contribution in [3.63, 3.8) is 0 Å². The summed E-state index contributed by atoms with van der Waals surface area (Å²) >= 11 is 7.16. The minimum atomic E-state index is -0.545. The number of rotatable bonds is 4. The predicted octanol–water partition coefficient (Wildman–Crippen LogP) is 6.83. The van der Waals surface area contributed by atoms with Gasteiger partial charge in [-0.25, -0.2) is 4.79 Å². The van der Waals surface area contributed by atoms with Gasteiger partial charge in [0.05, 0.1) is 0 Å². The lowest BCUT2D eigenvalue weighted by Gasteiger charge is -2.22. The fraction of sp³-hybridized carbons (Fsp3) is 0.261. The van der Waals surface area contributed by atoms with Crippen molar-refractivity contribution >= 4 is 59.8 Å². The van der Waals surface area contributed by atoms with Gasteiger partial charge >= 0.3 is 6.09 Å². The lowest BCUT2D eigenvalue weighted by Crippen LogP contribution is -2.35. The van der Waals surface area contributed by atoms with Gasteiger partial charge < -0.3 is 20.0 Å². The summed E-state index contributed by atoms with van der Waals surface area (Å²) in [5.74, 6) is -0.0661. The zero-order chi connectivity index (χ0) is 21.5. The van der Waals surface area contributed by atoms with Crippen LogP contribution in [0, 0.1) is 0 Å². The van der Waals surface area contributed by atoms with Crippen molar-refractivity contribution in [1.29, 1.82) is 0 Å². The molecule has 0 bridgehead atoms. The highest BCUT2D eigenvalue weighted by Crippen LogP contribution is 2.36. The van der Waals surface area contributed by atoms with E-state index in [1.165, 1.54) is 0 Å². The van der Waals surface area contributed by atoms with Crippen LogP contribution in [0.1, 0.15) is 37.8 Å². The Bertz CT molecular complexity index is 1140. The lowest BCUT2D eigenvalue weighted by atomic mass is 9.90. The van der Waals surface area contributed by atoms with Gasteiger partial charge in [-0.3, -0.25) is 0 Å². The molecule has 5 nitrogen and oxygen atoms in total. The van der Waals surface area contributed by atoms with Crippen molar-refractivity contribution in [2.24, 2.45) is 0 Å². The molecule has 4 rings (SSSR count). The zero-order valence-corrected chi connectivity index (χ0v) is 20.1. The Morgan fingerprint density at radius 3 is 1.93 bits per heavy atom. The maximum absolute atomic E-state index is 12.4. The minimum Gasteiger partial charge on any atom is -0.444 e. The number of carbonyl (C=O) groups excluding carboxylic acids is 1. The van der Waals surface area contributed by atoms with Gasteiger partial charge in [0.1, 0.15) is 5.60 Å². The Labute approximate surface area is 191 Å². The number of aromatic amines is 2. The first-order valence-electron chi connectivity index (χ1n) is 9.71. The van der Waals surface area contributed by atoms with Crippen molar-refractivity contribution in [1.82, 2.24) is 15.3 Å². The molecule has 0 fully saturated rings. The smallest absolute Gasteiger partial charge is 0.407 e. The highest BCUT2D eigenvalue weighted by molar-refractivity contribution is 9.10. The van der Waals surface area contributed by atoms with Gasteiger partial charge in [-0.05, 0) is 68.3 Å². The number of hydrogen-bond acceptors (Lipinski definition) is 2. The van der Waals surface area contributed by atoms with Crippen molar-refractivity contribution in [2.75, 3.05) is 6.54 Å². The largest absolute Gasteiger partial charge is 0.444 e. The Hall–Kier alpha value is -2.25. The van der Waals surface area contributed by atoms with Crippen LogP contribution in [-0.4, -0.2) is 28.2 Å². The standard InChI is InChI=1S/C23H23Br2N3O2/c1-23(2,3)30-22(29)28-12-19(17-10-26-20-6-4-13(24)8-15(17)20)18-11-27-21-7-5-14(25)9-16(18)21/h4-11,19,26-27H,12H2,1-3H3,(H,28,29). The first kappa shape index (κ1) is 21.0. The molecule has 0 saturated heterocycles. The summed E-state index contributed by atoms with van der Waals surface area (Å²) in [6.45, 7) is 5.99. The van der Waals surface area contributed by atoms with E-state index in [-0.39, 0.29) is 5.92 Å². The van der Waals surface area contributed by atoms with E-state index < -0.39 is 11.7 Å². The number of H-pyrrole nitrogens is 2. The van der Waals surface area contributed by atoms with E-state index in [1.807, 2.05) is 57.4 Å². The van der Waals surface area contributed by atoms with Crippen LogP contribution in [0.5, 0.6) is 0 Å². The number of amides is 1. The third-order valence-corrected chi connectivity index (χ3v) is 5.94. The number of nitrogens with one attached hydrogen (secondary N) is 3. The molecule has 0 atom stereocenters. The summed E-state index contributed by atoms with van der Waals surface area (Å²) in [4.78, 5) is 19.1. The highest BCUT2D eigenvalue weighted by Gasteiger charge is 2.24. The van der Waals surface area contributed by atoms with E-state index in [4.69, 9.17) is 4.74 Å². The average molecular weight is 533 g/mol. The van der Waals surface area contributed by atoms with E-state index in [2.05, 4.69) is 59.3 Å². The Morgan fingerprint density at radius 1 is 0.967 bits per heavy atom. The summed E-state index contributed by atoms with van der Waals surface area (Å²) in [5, 5.41) is 5.19. The summed E-state index contributed by atoms with van der Waals surface area (Å²) in [7, 11) is 0. The van der Waals surface area contributed by atoms with Crippen LogP contribution < -0.4 is 5.32 Å². The molecule has 0 unspecified atom stereocenters. The first-order chi connectivity index (χ1) is 14.2. The molecule has 4 aromatic rings. The third-order valence-electron chi connectivity index (χ3n) is 4.95. The fourth-order valence-corrected chi connectivity index (χ4v) is 4.41. The number of fused-ring (bicyclic) bond motifs is 2. The molecule has 2 heterocycles. The maximum atomic E-state index is 12.4. The van der Waals surface area contributed by atoms with Crippen LogP contribution in [0.25, 0.3) is 21.8 Å². The zero-order valence-electron chi connectivity index (χ0n) is 17.0. The second kappa shape index (κ2) is 8.12. The first-order valence-corrected chi connectivity index (χ1v) is 11.3. The van der Waals surface area contributed by atoms with Crippen LogP contribution in [0.2, 0.25) is 0 Å². The monoisotopic (exact) mass is 531 g/mol.